The van der Waals surface area contributed by atoms with E-state index < -0.39 is 0 Å². The first-order chi connectivity index (χ1) is 7.68. The number of carbonyl (C=O) groups excluding carboxylic acids is 1. The van der Waals surface area contributed by atoms with E-state index in [1.54, 1.807) is 0 Å². The fourth-order valence-corrected chi connectivity index (χ4v) is 2.94. The van der Waals surface area contributed by atoms with E-state index in [0.29, 0.717) is 11.6 Å². The third-order valence-corrected chi connectivity index (χ3v) is 3.85. The minimum atomic E-state index is 0.0163. The highest BCUT2D eigenvalue weighted by Gasteiger charge is 2.20. The van der Waals surface area contributed by atoms with Gasteiger partial charge in [-0.3, -0.25) is 9.89 Å². The molecule has 0 bridgehead atoms. The molecule has 0 spiro atoms. The zero-order chi connectivity index (χ0) is 11.5. The van der Waals surface area contributed by atoms with Gasteiger partial charge in [-0.05, 0) is 42.4 Å². The molecule has 2 rings (SSSR count). The summed E-state index contributed by atoms with van der Waals surface area (Å²) >= 11 is 2.09. The number of amides is 1. The zero-order valence-electron chi connectivity index (χ0n) is 9.35. The van der Waals surface area contributed by atoms with E-state index in [0.717, 1.165) is 22.2 Å². The second-order valence-electron chi connectivity index (χ2n) is 4.32. The molecule has 1 amide bonds. The SMILES string of the molecule is Cc1[nH]nc(I)c1C(=O)NC1CCCCC1. The molecule has 1 heterocycles. The molecule has 16 heavy (non-hydrogen) atoms. The lowest BCUT2D eigenvalue weighted by Crippen LogP contribution is -2.36. The van der Waals surface area contributed by atoms with Crippen molar-refractivity contribution >= 4 is 28.5 Å². The minimum absolute atomic E-state index is 0.0163. The first-order valence-corrected chi connectivity index (χ1v) is 6.77. The van der Waals surface area contributed by atoms with Crippen molar-refractivity contribution in [1.29, 1.82) is 0 Å². The maximum atomic E-state index is 12.0. The average Bonchev–Trinajstić information content (AvgIpc) is 2.60. The van der Waals surface area contributed by atoms with Gasteiger partial charge in [0.05, 0.1) is 5.56 Å². The Bertz CT molecular complexity index is 363. The number of aromatic amines is 1. The quantitative estimate of drug-likeness (QED) is 0.817. The number of nitrogens with one attached hydrogen (secondary N) is 2. The van der Waals surface area contributed by atoms with Crippen LogP contribution in [0, 0.1) is 10.6 Å². The van der Waals surface area contributed by atoms with E-state index in [9.17, 15) is 4.79 Å². The molecule has 0 radical (unpaired) electrons. The molecule has 0 unspecified atom stereocenters. The lowest BCUT2D eigenvalue weighted by Gasteiger charge is -2.22. The largest absolute Gasteiger partial charge is 0.349 e. The van der Waals surface area contributed by atoms with Gasteiger partial charge < -0.3 is 5.32 Å². The molecule has 1 aromatic heterocycles. The molecular weight excluding hydrogens is 317 g/mol. The molecular formula is C11H16IN3O. The number of H-pyrrole nitrogens is 1. The molecule has 1 saturated carbocycles. The Morgan fingerprint density at radius 2 is 2.12 bits per heavy atom. The minimum Gasteiger partial charge on any atom is -0.349 e. The Morgan fingerprint density at radius 1 is 1.44 bits per heavy atom. The molecule has 1 fully saturated rings. The van der Waals surface area contributed by atoms with Crippen molar-refractivity contribution in [3.8, 4) is 0 Å². The predicted molar refractivity (Wildman–Crippen MR) is 70.4 cm³/mol. The summed E-state index contributed by atoms with van der Waals surface area (Å²) in [6.45, 7) is 1.88. The number of hydrogen-bond acceptors (Lipinski definition) is 2. The fourth-order valence-electron chi connectivity index (χ4n) is 2.17. The summed E-state index contributed by atoms with van der Waals surface area (Å²) in [5.41, 5.74) is 1.55. The Kier molecular flexibility index (Phi) is 3.83. The van der Waals surface area contributed by atoms with Gasteiger partial charge in [-0.1, -0.05) is 19.3 Å². The van der Waals surface area contributed by atoms with Crippen LogP contribution in [0.15, 0.2) is 0 Å². The molecule has 5 heteroatoms. The van der Waals surface area contributed by atoms with Crippen LogP contribution in [-0.4, -0.2) is 22.1 Å². The van der Waals surface area contributed by atoms with Crippen LogP contribution in [0.4, 0.5) is 0 Å². The molecule has 88 valence electrons. The number of carbonyl (C=O) groups is 1. The Balaban J connectivity index is 2.02. The highest BCUT2D eigenvalue weighted by molar-refractivity contribution is 14.1. The number of aromatic nitrogens is 2. The van der Waals surface area contributed by atoms with Gasteiger partial charge in [0, 0.05) is 11.7 Å². The summed E-state index contributed by atoms with van der Waals surface area (Å²) in [7, 11) is 0. The monoisotopic (exact) mass is 333 g/mol. The van der Waals surface area contributed by atoms with Crippen molar-refractivity contribution in [2.24, 2.45) is 0 Å². The number of hydrogen-bond donors (Lipinski definition) is 2. The van der Waals surface area contributed by atoms with E-state index in [2.05, 4.69) is 38.1 Å². The van der Waals surface area contributed by atoms with Crippen LogP contribution in [0.1, 0.15) is 48.2 Å². The van der Waals surface area contributed by atoms with Crippen LogP contribution in [-0.2, 0) is 0 Å². The topological polar surface area (TPSA) is 57.8 Å². The maximum Gasteiger partial charge on any atom is 0.256 e. The van der Waals surface area contributed by atoms with Gasteiger partial charge in [0.25, 0.3) is 5.91 Å². The molecule has 1 aromatic rings. The second-order valence-corrected chi connectivity index (χ2v) is 5.34. The molecule has 2 N–H and O–H groups in total. The maximum absolute atomic E-state index is 12.0. The third kappa shape index (κ3) is 2.56. The molecule has 0 atom stereocenters. The normalized spacial score (nSPS) is 17.4. The average molecular weight is 333 g/mol. The second kappa shape index (κ2) is 5.16. The standard InChI is InChI=1S/C11H16IN3O/c1-7-9(10(12)15-14-7)11(16)13-8-5-3-2-4-6-8/h8H,2-6H2,1H3,(H,13,16)(H,14,15). The molecule has 1 aliphatic carbocycles. The van der Waals surface area contributed by atoms with Crippen LogP contribution in [0.5, 0.6) is 0 Å². The summed E-state index contributed by atoms with van der Waals surface area (Å²) < 4.78 is 0.753. The van der Waals surface area contributed by atoms with Gasteiger partial charge in [0.2, 0.25) is 0 Å². The van der Waals surface area contributed by atoms with Crippen LogP contribution >= 0.6 is 22.6 Å². The number of aryl methyl sites for hydroxylation is 1. The van der Waals surface area contributed by atoms with E-state index in [4.69, 9.17) is 0 Å². The fraction of sp³-hybridized carbons (Fsp3) is 0.636. The third-order valence-electron chi connectivity index (χ3n) is 3.07. The van der Waals surface area contributed by atoms with Crippen LogP contribution in [0.2, 0.25) is 0 Å². The van der Waals surface area contributed by atoms with E-state index in [1.165, 1.54) is 19.3 Å². The Hall–Kier alpha value is -0.590. The summed E-state index contributed by atoms with van der Waals surface area (Å²) in [4.78, 5) is 12.0. The number of rotatable bonds is 2. The van der Waals surface area contributed by atoms with Gasteiger partial charge in [-0.2, -0.15) is 5.10 Å². The van der Waals surface area contributed by atoms with Gasteiger partial charge in [0.1, 0.15) is 3.70 Å². The Labute approximate surface area is 109 Å². The van der Waals surface area contributed by atoms with Crippen molar-refractivity contribution in [2.45, 2.75) is 45.1 Å². The van der Waals surface area contributed by atoms with Crippen LogP contribution in [0.25, 0.3) is 0 Å². The summed E-state index contributed by atoms with van der Waals surface area (Å²) in [6, 6.07) is 0.353. The predicted octanol–water partition coefficient (Wildman–Crippen LogP) is 2.39. The van der Waals surface area contributed by atoms with E-state index >= 15 is 0 Å². The highest BCUT2D eigenvalue weighted by Crippen LogP contribution is 2.19. The first-order valence-electron chi connectivity index (χ1n) is 5.70. The van der Waals surface area contributed by atoms with Gasteiger partial charge in [0.15, 0.2) is 0 Å². The van der Waals surface area contributed by atoms with Gasteiger partial charge in [-0.15, -0.1) is 0 Å². The van der Waals surface area contributed by atoms with Crippen molar-refractivity contribution in [2.75, 3.05) is 0 Å². The van der Waals surface area contributed by atoms with Gasteiger partial charge >= 0.3 is 0 Å². The lowest BCUT2D eigenvalue weighted by atomic mass is 9.95. The summed E-state index contributed by atoms with van der Waals surface area (Å²) in [6.07, 6.45) is 5.98. The Morgan fingerprint density at radius 3 is 2.69 bits per heavy atom. The van der Waals surface area contributed by atoms with E-state index in [-0.39, 0.29) is 5.91 Å². The zero-order valence-corrected chi connectivity index (χ0v) is 11.5. The van der Waals surface area contributed by atoms with Crippen molar-refractivity contribution in [3.63, 3.8) is 0 Å². The number of nitrogens with zero attached hydrogens (tertiary/aromatic N) is 1. The van der Waals surface area contributed by atoms with Crippen molar-refractivity contribution in [1.82, 2.24) is 15.5 Å². The molecule has 0 saturated heterocycles. The van der Waals surface area contributed by atoms with Crippen LogP contribution in [0.3, 0.4) is 0 Å². The smallest absolute Gasteiger partial charge is 0.256 e. The van der Waals surface area contributed by atoms with Crippen LogP contribution < -0.4 is 5.32 Å². The highest BCUT2D eigenvalue weighted by atomic mass is 127. The number of halogens is 1. The lowest BCUT2D eigenvalue weighted by molar-refractivity contribution is 0.0926. The van der Waals surface area contributed by atoms with E-state index in [1.807, 2.05) is 6.92 Å². The molecule has 0 aliphatic heterocycles. The molecule has 1 aliphatic rings. The molecule has 0 aromatic carbocycles. The molecule has 4 nitrogen and oxygen atoms in total. The summed E-state index contributed by atoms with van der Waals surface area (Å²) in [5, 5.41) is 9.97. The van der Waals surface area contributed by atoms with Crippen molar-refractivity contribution in [3.05, 3.63) is 15.0 Å². The summed E-state index contributed by atoms with van der Waals surface area (Å²) in [5.74, 6) is 0.0163. The first kappa shape index (κ1) is 11.9. The van der Waals surface area contributed by atoms with Gasteiger partial charge in [-0.25, -0.2) is 0 Å². The van der Waals surface area contributed by atoms with Crippen molar-refractivity contribution < 1.29 is 4.79 Å².